The summed E-state index contributed by atoms with van der Waals surface area (Å²) in [5.41, 5.74) is 1.17. The fourth-order valence-electron chi connectivity index (χ4n) is 2.42. The number of amides is 2. The highest BCUT2D eigenvalue weighted by Crippen LogP contribution is 2.23. The van der Waals surface area contributed by atoms with E-state index in [4.69, 9.17) is 23.2 Å². The number of hydrogen-bond donors (Lipinski definition) is 2. The number of aromatic nitrogens is 1. The van der Waals surface area contributed by atoms with Gasteiger partial charge in [0.15, 0.2) is 0 Å². The summed E-state index contributed by atoms with van der Waals surface area (Å²) in [7, 11) is 0. The van der Waals surface area contributed by atoms with Gasteiger partial charge in [0.05, 0.1) is 16.3 Å². The lowest BCUT2D eigenvalue weighted by atomic mass is 10.1. The summed E-state index contributed by atoms with van der Waals surface area (Å²) in [4.78, 5) is 29.0. The molecule has 5 nitrogen and oxygen atoms in total. The fourth-order valence-corrected chi connectivity index (χ4v) is 2.71. The first-order chi connectivity index (χ1) is 12.5. The number of rotatable bonds is 4. The number of hydrogen-bond acceptors (Lipinski definition) is 3. The molecule has 26 heavy (non-hydrogen) atoms. The standard InChI is InChI=1S/C19H15Cl2N3O2/c20-13-6-8-16(23-18(25)12-4-2-1-3-5-12)15(10-13)19(26)24-17-9-7-14(21)11-22-17/h2,4-11H,1,3H2,(H,23,25)(H,22,24,26). The number of carbonyl (C=O) groups excluding carboxylic acids is 2. The summed E-state index contributed by atoms with van der Waals surface area (Å²) in [6, 6.07) is 7.90. The van der Waals surface area contributed by atoms with Crippen LogP contribution in [-0.4, -0.2) is 16.8 Å². The summed E-state index contributed by atoms with van der Waals surface area (Å²) in [5.74, 6) is -0.373. The van der Waals surface area contributed by atoms with Gasteiger partial charge in [0.1, 0.15) is 5.82 Å². The third-order valence-corrected chi connectivity index (χ3v) is 4.16. The predicted molar refractivity (Wildman–Crippen MR) is 104 cm³/mol. The van der Waals surface area contributed by atoms with Crippen molar-refractivity contribution >= 4 is 46.5 Å². The number of nitrogens with one attached hydrogen (secondary N) is 2. The average Bonchev–Trinajstić information content (AvgIpc) is 2.65. The van der Waals surface area contributed by atoms with Crippen molar-refractivity contribution in [3.63, 3.8) is 0 Å². The molecule has 0 saturated heterocycles. The molecule has 0 radical (unpaired) electrons. The molecule has 0 atom stereocenters. The molecule has 2 aromatic rings. The Morgan fingerprint density at radius 1 is 0.962 bits per heavy atom. The van der Waals surface area contributed by atoms with E-state index in [2.05, 4.69) is 15.6 Å². The van der Waals surface area contributed by atoms with Crippen LogP contribution in [0.25, 0.3) is 0 Å². The summed E-state index contributed by atoms with van der Waals surface area (Å²) < 4.78 is 0. The number of benzene rings is 1. The number of nitrogens with zero attached hydrogens (tertiary/aromatic N) is 1. The van der Waals surface area contributed by atoms with E-state index in [1.807, 2.05) is 12.2 Å². The third-order valence-electron chi connectivity index (χ3n) is 3.70. The molecule has 2 amide bonds. The zero-order chi connectivity index (χ0) is 18.5. The monoisotopic (exact) mass is 387 g/mol. The summed E-state index contributed by atoms with van der Waals surface area (Å²) in [6.07, 6.45) is 8.74. The Morgan fingerprint density at radius 2 is 1.77 bits per heavy atom. The van der Waals surface area contributed by atoms with Crippen molar-refractivity contribution in [2.45, 2.75) is 12.8 Å². The SMILES string of the molecule is O=C(Nc1ccc(Cl)cc1C(=O)Nc1ccc(Cl)cn1)C1=CCCC=C1. The molecule has 7 heteroatoms. The van der Waals surface area contributed by atoms with Gasteiger partial charge in [-0.05, 0) is 43.2 Å². The van der Waals surface area contributed by atoms with Gasteiger partial charge in [-0.2, -0.15) is 0 Å². The Morgan fingerprint density at radius 3 is 2.46 bits per heavy atom. The Bertz CT molecular complexity index is 906. The summed E-state index contributed by atoms with van der Waals surface area (Å²) >= 11 is 11.8. The molecule has 0 aliphatic heterocycles. The van der Waals surface area contributed by atoms with Crippen molar-refractivity contribution in [3.8, 4) is 0 Å². The molecule has 2 N–H and O–H groups in total. The lowest BCUT2D eigenvalue weighted by Gasteiger charge is -2.13. The van der Waals surface area contributed by atoms with Crippen LogP contribution in [0.2, 0.25) is 10.0 Å². The number of anilines is 2. The van der Waals surface area contributed by atoms with Crippen molar-refractivity contribution in [1.82, 2.24) is 4.98 Å². The van der Waals surface area contributed by atoms with E-state index in [1.165, 1.54) is 12.3 Å². The first kappa shape index (κ1) is 18.2. The predicted octanol–water partition coefficient (Wildman–Crippen LogP) is 4.86. The highest BCUT2D eigenvalue weighted by atomic mass is 35.5. The van der Waals surface area contributed by atoms with Crippen molar-refractivity contribution in [2.75, 3.05) is 10.6 Å². The van der Waals surface area contributed by atoms with Gasteiger partial charge in [0.25, 0.3) is 11.8 Å². The second kappa shape index (κ2) is 8.17. The number of pyridine rings is 1. The fraction of sp³-hybridized carbons (Fsp3) is 0.105. The van der Waals surface area contributed by atoms with Crippen LogP contribution in [-0.2, 0) is 4.79 Å². The molecule has 0 unspecified atom stereocenters. The summed E-state index contributed by atoms with van der Waals surface area (Å²) in [6.45, 7) is 0. The van der Waals surface area contributed by atoms with Gasteiger partial charge in [0, 0.05) is 16.8 Å². The molecular weight excluding hydrogens is 373 g/mol. The summed E-state index contributed by atoms with van der Waals surface area (Å²) in [5, 5.41) is 6.27. The Kier molecular flexibility index (Phi) is 5.71. The van der Waals surface area contributed by atoms with Crippen molar-refractivity contribution < 1.29 is 9.59 Å². The molecule has 1 aromatic carbocycles. The molecule has 0 spiro atoms. The van der Waals surface area contributed by atoms with E-state index in [0.717, 1.165) is 12.8 Å². The molecule has 1 aliphatic rings. The van der Waals surface area contributed by atoms with E-state index in [1.54, 1.807) is 30.3 Å². The normalized spacial score (nSPS) is 13.1. The second-order valence-corrected chi connectivity index (χ2v) is 6.47. The van der Waals surface area contributed by atoms with Crippen LogP contribution in [0.1, 0.15) is 23.2 Å². The minimum atomic E-state index is -0.439. The van der Waals surface area contributed by atoms with Crippen molar-refractivity contribution in [3.05, 3.63) is 75.9 Å². The van der Waals surface area contributed by atoms with E-state index in [-0.39, 0.29) is 11.5 Å². The van der Waals surface area contributed by atoms with Crippen LogP contribution in [0.15, 0.2) is 60.3 Å². The van der Waals surface area contributed by atoms with Crippen LogP contribution in [0.3, 0.4) is 0 Å². The highest BCUT2D eigenvalue weighted by Gasteiger charge is 2.16. The lowest BCUT2D eigenvalue weighted by molar-refractivity contribution is -0.112. The topological polar surface area (TPSA) is 71.1 Å². The molecule has 1 aromatic heterocycles. The first-order valence-electron chi connectivity index (χ1n) is 7.93. The molecule has 0 fully saturated rings. The molecule has 1 heterocycles. The van der Waals surface area contributed by atoms with Gasteiger partial charge in [0.2, 0.25) is 0 Å². The Hall–Kier alpha value is -2.63. The van der Waals surface area contributed by atoms with Crippen LogP contribution in [0, 0.1) is 0 Å². The zero-order valence-corrected chi connectivity index (χ0v) is 15.1. The van der Waals surface area contributed by atoms with Gasteiger partial charge in [-0.3, -0.25) is 9.59 Å². The second-order valence-electron chi connectivity index (χ2n) is 5.60. The van der Waals surface area contributed by atoms with Crippen LogP contribution in [0.4, 0.5) is 11.5 Å². The van der Waals surface area contributed by atoms with E-state index < -0.39 is 5.91 Å². The highest BCUT2D eigenvalue weighted by molar-refractivity contribution is 6.31. The minimum absolute atomic E-state index is 0.239. The first-order valence-corrected chi connectivity index (χ1v) is 8.69. The van der Waals surface area contributed by atoms with Crippen molar-refractivity contribution in [1.29, 1.82) is 0 Å². The number of halogens is 2. The van der Waals surface area contributed by atoms with Crippen molar-refractivity contribution in [2.24, 2.45) is 0 Å². The van der Waals surface area contributed by atoms with Gasteiger partial charge < -0.3 is 10.6 Å². The molecule has 3 rings (SSSR count). The smallest absolute Gasteiger partial charge is 0.258 e. The van der Waals surface area contributed by atoms with E-state index in [9.17, 15) is 9.59 Å². The van der Waals surface area contributed by atoms with E-state index >= 15 is 0 Å². The van der Waals surface area contributed by atoms with Gasteiger partial charge in [-0.1, -0.05) is 41.4 Å². The van der Waals surface area contributed by atoms with Crippen LogP contribution in [0.5, 0.6) is 0 Å². The molecule has 0 saturated carbocycles. The zero-order valence-electron chi connectivity index (χ0n) is 13.6. The Labute approximate surface area is 160 Å². The third kappa shape index (κ3) is 4.50. The van der Waals surface area contributed by atoms with Crippen LogP contribution < -0.4 is 10.6 Å². The Balaban J connectivity index is 1.82. The van der Waals surface area contributed by atoms with Crippen LogP contribution >= 0.6 is 23.2 Å². The van der Waals surface area contributed by atoms with Gasteiger partial charge in [-0.25, -0.2) is 4.98 Å². The van der Waals surface area contributed by atoms with Gasteiger partial charge in [-0.15, -0.1) is 0 Å². The van der Waals surface area contributed by atoms with E-state index in [0.29, 0.717) is 27.1 Å². The maximum absolute atomic E-state index is 12.6. The largest absolute Gasteiger partial charge is 0.321 e. The molecule has 132 valence electrons. The lowest BCUT2D eigenvalue weighted by Crippen LogP contribution is -2.19. The maximum Gasteiger partial charge on any atom is 0.258 e. The minimum Gasteiger partial charge on any atom is -0.321 e. The molecule has 1 aliphatic carbocycles. The molecular formula is C19H15Cl2N3O2. The maximum atomic E-state index is 12.6. The average molecular weight is 388 g/mol. The number of allylic oxidation sites excluding steroid dienone is 2. The molecule has 0 bridgehead atoms. The van der Waals surface area contributed by atoms with Gasteiger partial charge >= 0.3 is 0 Å². The quantitative estimate of drug-likeness (QED) is 0.786. The number of carbonyl (C=O) groups is 2.